The topological polar surface area (TPSA) is 41.1 Å². The van der Waals surface area contributed by atoms with Crippen LogP contribution in [0.5, 0.6) is 0 Å². The van der Waals surface area contributed by atoms with Crippen molar-refractivity contribution in [2.75, 3.05) is 13.1 Å². The molecule has 1 aromatic carbocycles. The van der Waals surface area contributed by atoms with E-state index in [9.17, 15) is 9.18 Å². The Labute approximate surface area is 94.0 Å². The number of hydrogen-bond donors (Lipinski definition) is 2. The molecule has 1 fully saturated rings. The Balaban J connectivity index is 2.08. The minimum atomic E-state index is -0.309. The maximum absolute atomic E-state index is 12.9. The fraction of sp³-hybridized carbons (Fsp3) is 0.417. The molecule has 0 bridgehead atoms. The van der Waals surface area contributed by atoms with Gasteiger partial charge in [0, 0.05) is 18.2 Å². The number of nitrogens with one attached hydrogen (secondary N) is 2. The smallest absolute Gasteiger partial charge is 0.251 e. The predicted molar refractivity (Wildman–Crippen MR) is 59.9 cm³/mol. The van der Waals surface area contributed by atoms with E-state index in [0.29, 0.717) is 11.1 Å². The van der Waals surface area contributed by atoms with Crippen molar-refractivity contribution < 1.29 is 9.18 Å². The van der Waals surface area contributed by atoms with Crippen molar-refractivity contribution in [1.82, 2.24) is 10.6 Å². The highest BCUT2D eigenvalue weighted by Crippen LogP contribution is 2.10. The summed E-state index contributed by atoms with van der Waals surface area (Å²) in [6, 6.07) is 4.41. The van der Waals surface area contributed by atoms with Gasteiger partial charge in [0.15, 0.2) is 0 Å². The SMILES string of the molecule is Cc1cc(F)ccc1C(=O)N[C@@H]1CCNC1. The maximum Gasteiger partial charge on any atom is 0.251 e. The summed E-state index contributed by atoms with van der Waals surface area (Å²) in [5, 5.41) is 6.11. The third-order valence-electron chi connectivity index (χ3n) is 2.83. The van der Waals surface area contributed by atoms with Gasteiger partial charge in [-0.15, -0.1) is 0 Å². The second kappa shape index (κ2) is 4.61. The van der Waals surface area contributed by atoms with E-state index >= 15 is 0 Å². The third-order valence-corrected chi connectivity index (χ3v) is 2.83. The van der Waals surface area contributed by atoms with Crippen molar-refractivity contribution in [3.63, 3.8) is 0 Å². The van der Waals surface area contributed by atoms with Crippen LogP contribution < -0.4 is 10.6 Å². The lowest BCUT2D eigenvalue weighted by Gasteiger charge is -2.12. The first-order chi connectivity index (χ1) is 7.66. The van der Waals surface area contributed by atoms with E-state index in [1.165, 1.54) is 18.2 Å². The van der Waals surface area contributed by atoms with Crippen molar-refractivity contribution in [2.24, 2.45) is 0 Å². The van der Waals surface area contributed by atoms with E-state index < -0.39 is 0 Å². The Hall–Kier alpha value is -1.42. The lowest BCUT2D eigenvalue weighted by atomic mass is 10.1. The molecule has 1 aliphatic heterocycles. The van der Waals surface area contributed by atoms with Gasteiger partial charge in [-0.2, -0.15) is 0 Å². The van der Waals surface area contributed by atoms with Crippen LogP contribution >= 0.6 is 0 Å². The van der Waals surface area contributed by atoms with Crippen LogP contribution in [0, 0.1) is 12.7 Å². The number of amides is 1. The highest BCUT2D eigenvalue weighted by molar-refractivity contribution is 5.95. The number of halogens is 1. The maximum atomic E-state index is 12.9. The van der Waals surface area contributed by atoms with Gasteiger partial charge in [-0.3, -0.25) is 4.79 Å². The zero-order chi connectivity index (χ0) is 11.5. The zero-order valence-electron chi connectivity index (χ0n) is 9.22. The average molecular weight is 222 g/mol. The number of carbonyl (C=O) groups is 1. The van der Waals surface area contributed by atoms with E-state index in [1.807, 2.05) is 0 Å². The van der Waals surface area contributed by atoms with Crippen molar-refractivity contribution in [3.8, 4) is 0 Å². The quantitative estimate of drug-likeness (QED) is 0.790. The Morgan fingerprint density at radius 3 is 3.00 bits per heavy atom. The summed E-state index contributed by atoms with van der Waals surface area (Å²) in [6.45, 7) is 3.49. The highest BCUT2D eigenvalue weighted by Gasteiger charge is 2.18. The summed E-state index contributed by atoms with van der Waals surface area (Å²) in [6.07, 6.45) is 0.950. The van der Waals surface area contributed by atoms with Gasteiger partial charge in [-0.05, 0) is 43.7 Å². The molecule has 1 amide bonds. The summed E-state index contributed by atoms with van der Waals surface area (Å²) in [5.74, 6) is -0.428. The molecular weight excluding hydrogens is 207 g/mol. The molecule has 1 atom stereocenters. The first kappa shape index (κ1) is 11.1. The zero-order valence-corrected chi connectivity index (χ0v) is 9.22. The molecule has 0 unspecified atom stereocenters. The fourth-order valence-corrected chi connectivity index (χ4v) is 1.92. The van der Waals surface area contributed by atoms with Crippen LogP contribution in [-0.4, -0.2) is 25.0 Å². The number of benzene rings is 1. The van der Waals surface area contributed by atoms with E-state index in [4.69, 9.17) is 0 Å². The molecule has 1 saturated heterocycles. The Bertz CT molecular complexity index is 400. The van der Waals surface area contributed by atoms with Crippen LogP contribution in [0.3, 0.4) is 0 Å². The van der Waals surface area contributed by atoms with E-state index in [0.717, 1.165) is 19.5 Å². The van der Waals surface area contributed by atoms with Crippen LogP contribution in [0.4, 0.5) is 4.39 Å². The molecule has 3 nitrogen and oxygen atoms in total. The molecule has 1 aliphatic rings. The monoisotopic (exact) mass is 222 g/mol. The molecule has 0 saturated carbocycles. The highest BCUT2D eigenvalue weighted by atomic mass is 19.1. The van der Waals surface area contributed by atoms with Crippen LogP contribution in [0.25, 0.3) is 0 Å². The van der Waals surface area contributed by atoms with Crippen LogP contribution in [0.1, 0.15) is 22.3 Å². The van der Waals surface area contributed by atoms with Gasteiger partial charge >= 0.3 is 0 Å². The number of aryl methyl sites for hydroxylation is 1. The first-order valence-corrected chi connectivity index (χ1v) is 5.44. The minimum Gasteiger partial charge on any atom is -0.348 e. The van der Waals surface area contributed by atoms with Crippen LogP contribution in [-0.2, 0) is 0 Å². The predicted octanol–water partition coefficient (Wildman–Crippen LogP) is 1.23. The molecule has 0 radical (unpaired) electrons. The average Bonchev–Trinajstić information content (AvgIpc) is 2.70. The molecule has 0 aliphatic carbocycles. The van der Waals surface area contributed by atoms with Crippen LogP contribution in [0.15, 0.2) is 18.2 Å². The van der Waals surface area contributed by atoms with E-state index in [-0.39, 0.29) is 17.8 Å². The van der Waals surface area contributed by atoms with E-state index in [1.54, 1.807) is 6.92 Å². The van der Waals surface area contributed by atoms with Crippen molar-refractivity contribution in [3.05, 3.63) is 35.1 Å². The number of hydrogen-bond acceptors (Lipinski definition) is 2. The lowest BCUT2D eigenvalue weighted by Crippen LogP contribution is -2.36. The first-order valence-electron chi connectivity index (χ1n) is 5.44. The molecule has 2 N–H and O–H groups in total. The molecule has 0 aromatic heterocycles. The normalized spacial score (nSPS) is 19.8. The van der Waals surface area contributed by atoms with Gasteiger partial charge in [0.05, 0.1) is 0 Å². The molecule has 4 heteroatoms. The fourth-order valence-electron chi connectivity index (χ4n) is 1.92. The Morgan fingerprint density at radius 1 is 1.56 bits per heavy atom. The van der Waals surface area contributed by atoms with Crippen molar-refractivity contribution in [2.45, 2.75) is 19.4 Å². The second-order valence-corrected chi connectivity index (χ2v) is 4.12. The van der Waals surface area contributed by atoms with Crippen molar-refractivity contribution in [1.29, 1.82) is 0 Å². The van der Waals surface area contributed by atoms with Gasteiger partial charge < -0.3 is 10.6 Å². The summed E-state index contributed by atoms with van der Waals surface area (Å²) in [4.78, 5) is 11.9. The summed E-state index contributed by atoms with van der Waals surface area (Å²) in [7, 11) is 0. The standard InChI is InChI=1S/C12H15FN2O/c1-8-6-9(13)2-3-11(8)12(16)15-10-4-5-14-7-10/h2-3,6,10,14H,4-5,7H2,1H3,(H,15,16)/t10-/m1/s1. The van der Waals surface area contributed by atoms with Gasteiger partial charge in [0.1, 0.15) is 5.82 Å². The molecule has 86 valence electrons. The van der Waals surface area contributed by atoms with E-state index in [2.05, 4.69) is 10.6 Å². The molecular formula is C12H15FN2O. The molecule has 1 heterocycles. The van der Waals surface area contributed by atoms with Gasteiger partial charge in [-0.25, -0.2) is 4.39 Å². The summed E-state index contributed by atoms with van der Waals surface area (Å²) < 4.78 is 12.9. The molecule has 16 heavy (non-hydrogen) atoms. The van der Waals surface area contributed by atoms with Gasteiger partial charge in [-0.1, -0.05) is 0 Å². The minimum absolute atomic E-state index is 0.119. The largest absolute Gasteiger partial charge is 0.348 e. The van der Waals surface area contributed by atoms with Gasteiger partial charge in [0.2, 0.25) is 0 Å². The van der Waals surface area contributed by atoms with Crippen LogP contribution in [0.2, 0.25) is 0 Å². The number of carbonyl (C=O) groups excluding carboxylic acids is 1. The number of rotatable bonds is 2. The molecule has 1 aromatic rings. The summed E-state index contributed by atoms with van der Waals surface area (Å²) in [5.41, 5.74) is 1.22. The lowest BCUT2D eigenvalue weighted by molar-refractivity contribution is 0.0939. The Kier molecular flexibility index (Phi) is 3.19. The molecule has 0 spiro atoms. The third kappa shape index (κ3) is 2.39. The van der Waals surface area contributed by atoms with Crippen molar-refractivity contribution >= 4 is 5.91 Å². The second-order valence-electron chi connectivity index (χ2n) is 4.12. The summed E-state index contributed by atoms with van der Waals surface area (Å²) >= 11 is 0. The van der Waals surface area contributed by atoms with Gasteiger partial charge in [0.25, 0.3) is 5.91 Å². The molecule has 2 rings (SSSR count). The Morgan fingerprint density at radius 2 is 2.38 bits per heavy atom.